The molecule has 5 heteroatoms. The molecule has 0 aliphatic heterocycles. The molecule has 0 radical (unpaired) electrons. The Morgan fingerprint density at radius 1 is 1.23 bits per heavy atom. The summed E-state index contributed by atoms with van der Waals surface area (Å²) >= 11 is 0. The minimum Gasteiger partial charge on any atom is -0.484 e. The van der Waals surface area contributed by atoms with E-state index in [1.807, 2.05) is 13.0 Å². The van der Waals surface area contributed by atoms with Crippen molar-refractivity contribution in [3.8, 4) is 0 Å². The third-order valence-corrected chi connectivity index (χ3v) is 2.81. The van der Waals surface area contributed by atoms with E-state index in [4.69, 9.17) is 8.85 Å². The number of carbonyl (C=O) groups excluding carboxylic acids is 2. The van der Waals surface area contributed by atoms with Crippen molar-refractivity contribution in [3.63, 3.8) is 0 Å². The van der Waals surface area contributed by atoms with Crippen molar-refractivity contribution >= 4 is 21.2 Å². The molecule has 0 spiro atoms. The van der Waals surface area contributed by atoms with Crippen LogP contribution in [0.3, 0.4) is 0 Å². The lowest BCUT2D eigenvalue weighted by Crippen LogP contribution is -2.25. The lowest BCUT2D eigenvalue weighted by atomic mass is 10.5. The van der Waals surface area contributed by atoms with Crippen molar-refractivity contribution in [2.24, 2.45) is 0 Å². The zero-order valence-electron chi connectivity index (χ0n) is 8.07. The summed E-state index contributed by atoms with van der Waals surface area (Å²) in [5.41, 5.74) is 1.67. The van der Waals surface area contributed by atoms with Crippen molar-refractivity contribution in [2.75, 3.05) is 0 Å². The molecule has 0 rings (SSSR count). The Bertz CT molecular complexity index is 196. The minimum atomic E-state index is -2.25. The normalized spacial score (nSPS) is 10.5. The van der Waals surface area contributed by atoms with Crippen LogP contribution >= 0.6 is 0 Å². The van der Waals surface area contributed by atoms with Gasteiger partial charge in [-0.2, -0.15) is 0 Å². The van der Waals surface area contributed by atoms with Gasteiger partial charge in [0.2, 0.25) is 0 Å². The number of allylic oxidation sites excluding steroid dienone is 1. The van der Waals surface area contributed by atoms with Crippen LogP contribution in [0.2, 0.25) is 0 Å². The highest BCUT2D eigenvalue weighted by molar-refractivity contribution is 6.54. The van der Waals surface area contributed by atoms with E-state index >= 15 is 0 Å². The Balaban J connectivity index is 4.10. The van der Waals surface area contributed by atoms with Crippen LogP contribution in [0.25, 0.3) is 0 Å². The summed E-state index contributed by atoms with van der Waals surface area (Å²) in [5, 5.41) is 0. The quantitative estimate of drug-likeness (QED) is 0.634. The van der Waals surface area contributed by atoms with E-state index in [9.17, 15) is 9.59 Å². The van der Waals surface area contributed by atoms with E-state index < -0.39 is 21.2 Å². The third kappa shape index (κ3) is 7.26. The molecule has 0 atom stereocenters. The maximum absolute atomic E-state index is 10.6. The average molecular weight is 202 g/mol. The van der Waals surface area contributed by atoms with Gasteiger partial charge in [0.15, 0.2) is 0 Å². The van der Waals surface area contributed by atoms with Gasteiger partial charge in [0.05, 0.1) is 0 Å². The second-order valence-corrected chi connectivity index (χ2v) is 4.02. The Labute approximate surface area is 79.4 Å². The lowest BCUT2D eigenvalue weighted by molar-refractivity contribution is -0.137. The molecule has 0 saturated carbocycles. The minimum absolute atomic E-state index is 0.418. The second-order valence-electron chi connectivity index (χ2n) is 2.42. The predicted molar refractivity (Wildman–Crippen MR) is 50.1 cm³/mol. The summed E-state index contributed by atoms with van der Waals surface area (Å²) in [7, 11) is -2.25. The molecule has 0 amide bonds. The molecular formula is C8H14O4Si. The fourth-order valence-corrected chi connectivity index (χ4v) is 2.03. The van der Waals surface area contributed by atoms with Gasteiger partial charge in [0, 0.05) is 13.8 Å². The molecule has 0 aliphatic rings. The molecular weight excluding hydrogens is 188 g/mol. The van der Waals surface area contributed by atoms with Gasteiger partial charge in [-0.05, 0) is 12.1 Å². The summed E-state index contributed by atoms with van der Waals surface area (Å²) in [6.07, 6.45) is 2.65. The maximum Gasteiger partial charge on any atom is 0.475 e. The standard InChI is InChI=1S/C8H14O4Si/c1-4-5-6-13(11-7(2)9)12-8(3)10/h5-6,13H,4H2,1-3H3. The van der Waals surface area contributed by atoms with Crippen LogP contribution in [-0.2, 0) is 18.4 Å². The molecule has 0 aromatic rings. The molecule has 0 aliphatic carbocycles. The van der Waals surface area contributed by atoms with Crippen molar-refractivity contribution in [1.29, 1.82) is 0 Å². The van der Waals surface area contributed by atoms with Gasteiger partial charge in [-0.3, -0.25) is 9.59 Å². The highest BCUT2D eigenvalue weighted by Crippen LogP contribution is 1.95. The molecule has 0 saturated heterocycles. The molecule has 0 aromatic carbocycles. The summed E-state index contributed by atoms with van der Waals surface area (Å²) in [6, 6.07) is 0. The first-order valence-corrected chi connectivity index (χ1v) is 5.68. The van der Waals surface area contributed by atoms with Gasteiger partial charge < -0.3 is 8.85 Å². The first-order chi connectivity index (χ1) is 6.06. The van der Waals surface area contributed by atoms with Crippen LogP contribution < -0.4 is 0 Å². The number of carbonyl (C=O) groups is 2. The van der Waals surface area contributed by atoms with Crippen molar-refractivity contribution in [1.82, 2.24) is 0 Å². The van der Waals surface area contributed by atoms with Crippen molar-refractivity contribution < 1.29 is 18.4 Å². The molecule has 0 fully saturated rings. The van der Waals surface area contributed by atoms with Crippen molar-refractivity contribution in [2.45, 2.75) is 27.2 Å². The third-order valence-electron chi connectivity index (χ3n) is 1.09. The van der Waals surface area contributed by atoms with Crippen LogP contribution in [0.5, 0.6) is 0 Å². The van der Waals surface area contributed by atoms with Gasteiger partial charge >= 0.3 is 9.28 Å². The first kappa shape index (κ1) is 11.9. The summed E-state index contributed by atoms with van der Waals surface area (Å²) in [6.45, 7) is 4.54. The summed E-state index contributed by atoms with van der Waals surface area (Å²) in [4.78, 5) is 21.2. The van der Waals surface area contributed by atoms with E-state index in [2.05, 4.69) is 0 Å². The van der Waals surface area contributed by atoms with E-state index in [-0.39, 0.29) is 0 Å². The number of hydrogen-bond acceptors (Lipinski definition) is 4. The van der Waals surface area contributed by atoms with Gasteiger partial charge in [0.1, 0.15) is 0 Å². The van der Waals surface area contributed by atoms with E-state index in [1.165, 1.54) is 13.8 Å². The predicted octanol–water partition coefficient (Wildman–Crippen LogP) is 0.839. The monoisotopic (exact) mass is 202 g/mol. The fourth-order valence-electron chi connectivity index (χ4n) is 0.677. The molecule has 0 bridgehead atoms. The smallest absolute Gasteiger partial charge is 0.475 e. The first-order valence-electron chi connectivity index (χ1n) is 4.07. The molecule has 0 N–H and O–H groups in total. The molecule has 13 heavy (non-hydrogen) atoms. The van der Waals surface area contributed by atoms with Gasteiger partial charge in [-0.25, -0.2) is 0 Å². The Kier molecular flexibility index (Phi) is 5.87. The van der Waals surface area contributed by atoms with Gasteiger partial charge in [0.25, 0.3) is 11.9 Å². The van der Waals surface area contributed by atoms with E-state index in [0.717, 1.165) is 6.42 Å². The number of rotatable bonds is 4. The van der Waals surface area contributed by atoms with Crippen LogP contribution in [0.4, 0.5) is 0 Å². The van der Waals surface area contributed by atoms with Crippen LogP contribution in [0.1, 0.15) is 27.2 Å². The molecule has 0 aromatic heterocycles. The lowest BCUT2D eigenvalue weighted by Gasteiger charge is -2.10. The zero-order valence-corrected chi connectivity index (χ0v) is 9.23. The molecule has 0 heterocycles. The van der Waals surface area contributed by atoms with Crippen LogP contribution in [0, 0.1) is 0 Å². The van der Waals surface area contributed by atoms with Crippen LogP contribution in [0.15, 0.2) is 11.8 Å². The van der Waals surface area contributed by atoms with Crippen LogP contribution in [-0.4, -0.2) is 21.2 Å². The van der Waals surface area contributed by atoms with Crippen molar-refractivity contribution in [3.05, 3.63) is 11.8 Å². The highest BCUT2D eigenvalue weighted by Gasteiger charge is 2.15. The zero-order chi connectivity index (χ0) is 10.3. The largest absolute Gasteiger partial charge is 0.484 e. The van der Waals surface area contributed by atoms with E-state index in [0.29, 0.717) is 0 Å². The highest BCUT2D eigenvalue weighted by atomic mass is 28.3. The van der Waals surface area contributed by atoms with E-state index in [1.54, 1.807) is 5.70 Å². The SMILES string of the molecule is CCC=C[SiH](OC(C)=O)OC(C)=O. The fraction of sp³-hybridized carbons (Fsp3) is 0.500. The second kappa shape index (κ2) is 6.42. The Morgan fingerprint density at radius 3 is 2.00 bits per heavy atom. The maximum atomic E-state index is 10.6. The average Bonchev–Trinajstić information content (AvgIpc) is 1.98. The Morgan fingerprint density at radius 2 is 1.69 bits per heavy atom. The topological polar surface area (TPSA) is 52.6 Å². The molecule has 4 nitrogen and oxygen atoms in total. The van der Waals surface area contributed by atoms with Gasteiger partial charge in [-0.15, -0.1) is 0 Å². The Hall–Kier alpha value is -1.10. The molecule has 0 unspecified atom stereocenters. The van der Waals surface area contributed by atoms with Gasteiger partial charge in [-0.1, -0.05) is 13.0 Å². The molecule has 74 valence electrons. The number of hydrogen-bond donors (Lipinski definition) is 0. The summed E-state index contributed by atoms with van der Waals surface area (Å²) in [5.74, 6) is -0.836. The summed E-state index contributed by atoms with van der Waals surface area (Å²) < 4.78 is 9.67.